The highest BCUT2D eigenvalue weighted by Crippen LogP contribution is 2.45. The molecule has 6 rings (SSSR count). The van der Waals surface area contributed by atoms with E-state index in [4.69, 9.17) is 9.47 Å². The lowest BCUT2D eigenvalue weighted by Crippen LogP contribution is -2.58. The summed E-state index contributed by atoms with van der Waals surface area (Å²) in [5.41, 5.74) is 0.867. The molecule has 0 aromatic heterocycles. The maximum Gasteiger partial charge on any atom is 0.410 e. The molecule has 3 fully saturated rings. The summed E-state index contributed by atoms with van der Waals surface area (Å²) in [4.78, 5) is 70.2. The van der Waals surface area contributed by atoms with Crippen LogP contribution in [0, 0.1) is 11.3 Å². The molecular formula is C35H45F2N5O9S. The van der Waals surface area contributed by atoms with Gasteiger partial charge in [-0.05, 0) is 60.6 Å². The van der Waals surface area contributed by atoms with Gasteiger partial charge in [0.2, 0.25) is 28.3 Å². The van der Waals surface area contributed by atoms with Crippen LogP contribution in [-0.2, 0) is 53.4 Å². The Morgan fingerprint density at radius 2 is 1.88 bits per heavy atom. The SMILES string of the molecule is C=C[C@@H]1C[C@@]1(NC(=O)[C@@H]1C[C@@H]2CN1C(=O)[C@H](CC(F)F)NC(=O)OCC(C)(C)CCCc1cccc3c1CN(C3)C(=O)O2)C(=O)NS(=O)(=O)C1CC1. The Hall–Kier alpha value is -4.28. The van der Waals surface area contributed by atoms with Gasteiger partial charge in [0, 0.05) is 31.8 Å². The Balaban J connectivity index is 1.27. The summed E-state index contributed by atoms with van der Waals surface area (Å²) in [6, 6.07) is 2.62. The van der Waals surface area contributed by atoms with Crippen LogP contribution < -0.4 is 15.4 Å². The number of halogens is 2. The second kappa shape index (κ2) is 14.3. The number of sulfonamides is 1. The van der Waals surface area contributed by atoms with Gasteiger partial charge >= 0.3 is 12.2 Å². The Labute approximate surface area is 301 Å². The van der Waals surface area contributed by atoms with E-state index in [2.05, 4.69) is 21.9 Å². The van der Waals surface area contributed by atoms with Crippen molar-refractivity contribution in [3.8, 4) is 0 Å². The molecule has 14 nitrogen and oxygen atoms in total. The molecule has 5 amide bonds. The minimum atomic E-state index is -3.97. The third-order valence-corrected chi connectivity index (χ3v) is 12.4. The normalized spacial score (nSPS) is 29.2. The van der Waals surface area contributed by atoms with Gasteiger partial charge in [-0.1, -0.05) is 38.1 Å². The third kappa shape index (κ3) is 8.03. The molecule has 17 heteroatoms. The van der Waals surface area contributed by atoms with Crippen LogP contribution >= 0.6 is 0 Å². The molecule has 1 aromatic carbocycles. The predicted octanol–water partition coefficient (Wildman–Crippen LogP) is 2.89. The van der Waals surface area contributed by atoms with E-state index in [-0.39, 0.29) is 39.1 Å². The lowest BCUT2D eigenvalue weighted by atomic mass is 9.86. The van der Waals surface area contributed by atoms with Crippen LogP contribution in [0.5, 0.6) is 0 Å². The molecule has 0 spiro atoms. The molecule has 0 unspecified atom stereocenters. The summed E-state index contributed by atoms with van der Waals surface area (Å²) in [5, 5.41) is 4.13. The summed E-state index contributed by atoms with van der Waals surface area (Å²) in [6.45, 7) is 7.62. The van der Waals surface area contributed by atoms with E-state index >= 15 is 0 Å². The molecule has 0 radical (unpaired) electrons. The Kier molecular flexibility index (Phi) is 10.3. The van der Waals surface area contributed by atoms with E-state index in [0.29, 0.717) is 25.7 Å². The topological polar surface area (TPSA) is 181 Å². The molecule has 2 aliphatic carbocycles. The van der Waals surface area contributed by atoms with Gasteiger partial charge in [0.05, 0.1) is 18.4 Å². The number of ether oxygens (including phenoxy) is 2. The van der Waals surface area contributed by atoms with Crippen molar-refractivity contribution in [2.45, 2.75) is 114 Å². The van der Waals surface area contributed by atoms with Crippen LogP contribution in [-0.4, -0.2) is 96.7 Å². The fraction of sp³-hybridized carbons (Fsp3) is 0.629. The summed E-state index contributed by atoms with van der Waals surface area (Å²) in [7, 11) is -3.97. The first-order valence-electron chi connectivity index (χ1n) is 17.6. The van der Waals surface area contributed by atoms with E-state index in [0.717, 1.165) is 28.0 Å². The highest BCUT2D eigenvalue weighted by atomic mass is 32.2. The average molecular weight is 750 g/mol. The van der Waals surface area contributed by atoms with Crippen molar-refractivity contribution < 1.29 is 50.6 Å². The molecule has 3 heterocycles. The maximum absolute atomic E-state index is 14.0. The van der Waals surface area contributed by atoms with Crippen molar-refractivity contribution in [2.75, 3.05) is 13.2 Å². The summed E-state index contributed by atoms with van der Waals surface area (Å²) in [6.07, 6.45) is -2.89. The molecule has 2 saturated carbocycles. The maximum atomic E-state index is 14.0. The number of rotatable bonds is 8. The van der Waals surface area contributed by atoms with Gasteiger partial charge in [-0.15, -0.1) is 6.58 Å². The van der Waals surface area contributed by atoms with Gasteiger partial charge in [-0.3, -0.25) is 24.0 Å². The second-order valence-electron chi connectivity index (χ2n) is 15.3. The van der Waals surface area contributed by atoms with E-state index in [1.165, 1.54) is 11.0 Å². The predicted molar refractivity (Wildman–Crippen MR) is 181 cm³/mol. The molecule has 52 heavy (non-hydrogen) atoms. The van der Waals surface area contributed by atoms with E-state index in [1.807, 2.05) is 32.0 Å². The van der Waals surface area contributed by atoms with Crippen molar-refractivity contribution in [1.29, 1.82) is 0 Å². The fourth-order valence-electron chi connectivity index (χ4n) is 7.34. The number of carbonyl (C=O) groups is 5. The van der Waals surface area contributed by atoms with Gasteiger partial charge in [0.25, 0.3) is 5.91 Å². The molecule has 3 aliphatic heterocycles. The lowest BCUT2D eigenvalue weighted by Gasteiger charge is -2.30. The van der Waals surface area contributed by atoms with Crippen molar-refractivity contribution in [2.24, 2.45) is 11.3 Å². The number of nitrogens with one attached hydrogen (secondary N) is 3. The first-order valence-corrected chi connectivity index (χ1v) is 19.1. The standard InChI is InChI=1S/C35H45F2N5O9S/c1-4-22-15-35(22,31(45)40-52(48,49)24-10-11-24)39-29(43)27-13-23-17-42(27)30(44)26(14-28(36)37)38-32(46)50-19-34(2,3)12-6-9-20-7-5-8-21-16-41(18-25(20)21)33(47)51-23/h4-5,7-8,22-24,26-28H,1,6,9-19H2,2-3H3,(H,38,46)(H,39,43)(H,40,45)/t22-,23-,26+,27+,35+/m1/s1. The Morgan fingerprint density at radius 3 is 2.56 bits per heavy atom. The number of aryl methyl sites for hydroxylation is 1. The molecule has 1 saturated heterocycles. The van der Waals surface area contributed by atoms with Gasteiger partial charge in [0.15, 0.2) is 0 Å². The fourth-order valence-corrected chi connectivity index (χ4v) is 8.70. The molecule has 5 aliphatic rings. The smallest absolute Gasteiger partial charge is 0.410 e. The van der Waals surface area contributed by atoms with Crippen LogP contribution in [0.3, 0.4) is 0 Å². The number of benzene rings is 1. The zero-order chi connectivity index (χ0) is 37.6. The number of cyclic esters (lactones) is 1. The largest absolute Gasteiger partial charge is 0.449 e. The lowest BCUT2D eigenvalue weighted by molar-refractivity contribution is -0.141. The highest BCUT2D eigenvalue weighted by Gasteiger charge is 2.62. The molecule has 4 bridgehead atoms. The second-order valence-corrected chi connectivity index (χ2v) is 17.2. The first kappa shape index (κ1) is 37.5. The number of carbonyl (C=O) groups excluding carboxylic acids is 5. The van der Waals surface area contributed by atoms with Gasteiger partial charge in [-0.2, -0.15) is 0 Å². The van der Waals surface area contributed by atoms with Gasteiger partial charge in [0.1, 0.15) is 23.7 Å². The average Bonchev–Trinajstić information content (AvgIpc) is 3.97. The highest BCUT2D eigenvalue weighted by molar-refractivity contribution is 7.91. The number of alkyl halides is 2. The number of hydrogen-bond donors (Lipinski definition) is 3. The molecule has 3 N–H and O–H groups in total. The van der Waals surface area contributed by atoms with Crippen LogP contribution in [0.2, 0.25) is 0 Å². The summed E-state index contributed by atoms with van der Waals surface area (Å²) >= 11 is 0. The molecule has 5 atom stereocenters. The number of amides is 5. The molecular weight excluding hydrogens is 704 g/mol. The van der Waals surface area contributed by atoms with Crippen molar-refractivity contribution in [1.82, 2.24) is 25.2 Å². The minimum Gasteiger partial charge on any atom is -0.449 e. The number of hydrogen-bond acceptors (Lipinski definition) is 9. The van der Waals surface area contributed by atoms with E-state index in [1.54, 1.807) is 0 Å². The van der Waals surface area contributed by atoms with Crippen LogP contribution in [0.4, 0.5) is 18.4 Å². The number of nitrogens with zero attached hydrogens (tertiary/aromatic N) is 2. The monoisotopic (exact) mass is 749 g/mol. The minimum absolute atomic E-state index is 0.0304. The quantitative estimate of drug-likeness (QED) is 0.337. The van der Waals surface area contributed by atoms with Crippen LogP contribution in [0.15, 0.2) is 30.9 Å². The van der Waals surface area contributed by atoms with E-state index in [9.17, 15) is 41.2 Å². The number of fused-ring (bicyclic) bond motifs is 3. The summed E-state index contributed by atoms with van der Waals surface area (Å²) in [5.74, 6) is -3.53. The molecule has 1 aromatic rings. The van der Waals surface area contributed by atoms with Crippen molar-refractivity contribution in [3.63, 3.8) is 0 Å². The zero-order valence-corrected chi connectivity index (χ0v) is 30.0. The first-order chi connectivity index (χ1) is 24.5. The van der Waals surface area contributed by atoms with Crippen molar-refractivity contribution in [3.05, 3.63) is 47.5 Å². The van der Waals surface area contributed by atoms with E-state index < -0.39 is 93.1 Å². The Morgan fingerprint density at radius 1 is 1.15 bits per heavy atom. The molecule has 284 valence electrons. The zero-order valence-electron chi connectivity index (χ0n) is 29.2. The van der Waals surface area contributed by atoms with Gasteiger partial charge < -0.3 is 25.0 Å². The third-order valence-electron chi connectivity index (χ3n) is 10.6. The van der Waals surface area contributed by atoms with Gasteiger partial charge in [-0.25, -0.2) is 26.8 Å². The van der Waals surface area contributed by atoms with Crippen LogP contribution in [0.1, 0.15) is 75.5 Å². The number of alkyl carbamates (subject to hydrolysis) is 1. The Bertz CT molecular complexity index is 1750. The van der Waals surface area contributed by atoms with Crippen LogP contribution in [0.25, 0.3) is 0 Å². The van der Waals surface area contributed by atoms with Crippen molar-refractivity contribution >= 4 is 39.9 Å². The summed E-state index contributed by atoms with van der Waals surface area (Å²) < 4.78 is 66.2.